The van der Waals surface area contributed by atoms with Crippen molar-refractivity contribution in [1.82, 2.24) is 9.55 Å². The normalized spacial score (nSPS) is 10.5. The number of aromatic nitrogens is 2. The van der Waals surface area contributed by atoms with E-state index < -0.39 is 0 Å². The summed E-state index contributed by atoms with van der Waals surface area (Å²) in [4.78, 5) is 4.18. The second-order valence-corrected chi connectivity index (χ2v) is 12.4. The van der Waals surface area contributed by atoms with E-state index in [2.05, 4.69) is 39.9 Å². The van der Waals surface area contributed by atoms with E-state index in [1.54, 1.807) is 48.8 Å². The monoisotopic (exact) mass is 673 g/mol. The van der Waals surface area contributed by atoms with Gasteiger partial charge in [0.05, 0.1) is 74.9 Å². The molecular weight excluding hydrogens is 651 g/mol. The van der Waals surface area contributed by atoms with Gasteiger partial charge in [0, 0.05) is 34.3 Å². The largest absolute Gasteiger partial charge is 0.309 e. The summed E-state index contributed by atoms with van der Waals surface area (Å²) in [7, 11) is 0. The lowest BCUT2D eigenvalue weighted by atomic mass is 9.93. The molecule has 53 heavy (non-hydrogen) atoms. The Balaban J connectivity index is 1.50. The zero-order valence-corrected chi connectivity index (χ0v) is 27.9. The molecule has 7 nitrogen and oxygen atoms in total. The highest BCUT2D eigenvalue weighted by molar-refractivity contribution is 6.12. The number of pyridine rings is 1. The van der Waals surface area contributed by atoms with Crippen molar-refractivity contribution in [2.45, 2.75) is 0 Å². The number of benzene rings is 6. The average molecular weight is 674 g/mol. The van der Waals surface area contributed by atoms with Gasteiger partial charge in [-0.3, -0.25) is 4.98 Å². The van der Waals surface area contributed by atoms with E-state index in [1.807, 2.05) is 91.0 Å². The molecule has 0 atom stereocenters. The Morgan fingerprint density at radius 2 is 0.906 bits per heavy atom. The highest BCUT2D eigenvalue weighted by Gasteiger charge is 2.21. The molecule has 0 aliphatic carbocycles. The molecule has 0 N–H and O–H groups in total. The zero-order chi connectivity index (χ0) is 36.5. The minimum absolute atomic E-state index is 0.386. The Morgan fingerprint density at radius 3 is 1.42 bits per heavy atom. The second kappa shape index (κ2) is 13.2. The first kappa shape index (κ1) is 32.0. The molecule has 0 unspecified atom stereocenters. The van der Waals surface area contributed by atoms with Crippen molar-refractivity contribution in [3.8, 4) is 80.5 Å². The highest BCUT2D eigenvalue weighted by atomic mass is 15.0. The number of nitriles is 5. The minimum Gasteiger partial charge on any atom is -0.309 e. The first-order chi connectivity index (χ1) is 26.0. The standard InChI is InChI=1S/C46H23N7/c47-24-29-6-10-38(35(18-29)26-49)33-8-12-40-41-13-9-34(39-11-7-30(25-48)19-36(39)27-50)21-45(41)53(44(40)20-33)46-22-37(28-51)42(32-14-16-52-17-15-32)23-43(46)31-4-2-1-3-5-31/h1-23H. The van der Waals surface area contributed by atoms with Crippen LogP contribution in [-0.2, 0) is 0 Å². The lowest BCUT2D eigenvalue weighted by molar-refractivity contribution is 1.18. The maximum Gasteiger partial charge on any atom is 0.0998 e. The van der Waals surface area contributed by atoms with E-state index >= 15 is 0 Å². The Hall–Kier alpha value is -8.28. The van der Waals surface area contributed by atoms with Gasteiger partial charge in [-0.2, -0.15) is 26.3 Å². The minimum atomic E-state index is 0.386. The Bertz CT molecular complexity index is 2860. The molecular formula is C46H23N7. The summed E-state index contributed by atoms with van der Waals surface area (Å²) in [6.45, 7) is 0. The Kier molecular flexibility index (Phi) is 7.96. The van der Waals surface area contributed by atoms with Gasteiger partial charge in [-0.05, 0) is 94.0 Å². The lowest BCUT2D eigenvalue weighted by Crippen LogP contribution is -2.00. The summed E-state index contributed by atoms with van der Waals surface area (Å²) in [6.07, 6.45) is 3.42. The second-order valence-electron chi connectivity index (χ2n) is 12.4. The number of nitrogens with zero attached hydrogens (tertiary/aromatic N) is 7. The predicted octanol–water partition coefficient (Wildman–Crippen LogP) is 10.2. The van der Waals surface area contributed by atoms with Crippen molar-refractivity contribution in [3.63, 3.8) is 0 Å². The van der Waals surface area contributed by atoms with Crippen LogP contribution in [-0.4, -0.2) is 9.55 Å². The quantitative estimate of drug-likeness (QED) is 0.178. The molecule has 6 aromatic carbocycles. The first-order valence-corrected chi connectivity index (χ1v) is 16.6. The summed E-state index contributed by atoms with van der Waals surface area (Å²) in [5, 5.41) is 51.6. The van der Waals surface area contributed by atoms with Crippen LogP contribution in [0.15, 0.2) is 140 Å². The molecule has 7 heteroatoms. The van der Waals surface area contributed by atoms with Gasteiger partial charge in [0.15, 0.2) is 0 Å². The SMILES string of the molecule is N#Cc1ccc(-c2ccc3c4ccc(-c5ccc(C#N)cc5C#N)cc4n(-c4cc(C#N)c(-c5ccncc5)cc4-c4ccccc4)c3c2)c(C#N)c1. The number of rotatable bonds is 5. The van der Waals surface area contributed by atoms with Gasteiger partial charge in [0.1, 0.15) is 0 Å². The number of hydrogen-bond acceptors (Lipinski definition) is 6. The lowest BCUT2D eigenvalue weighted by Gasteiger charge is -2.18. The van der Waals surface area contributed by atoms with Crippen LogP contribution in [0.1, 0.15) is 27.8 Å². The maximum absolute atomic E-state index is 10.6. The van der Waals surface area contributed by atoms with Gasteiger partial charge in [-0.25, -0.2) is 0 Å². The fourth-order valence-corrected chi connectivity index (χ4v) is 7.01. The molecule has 0 spiro atoms. The average Bonchev–Trinajstić information content (AvgIpc) is 3.55. The van der Waals surface area contributed by atoms with Gasteiger partial charge < -0.3 is 4.57 Å². The van der Waals surface area contributed by atoms with Gasteiger partial charge in [0.25, 0.3) is 0 Å². The van der Waals surface area contributed by atoms with Crippen molar-refractivity contribution in [2.75, 3.05) is 0 Å². The number of hydrogen-bond donors (Lipinski definition) is 0. The Labute approximate surface area is 305 Å². The molecule has 0 saturated heterocycles. The van der Waals surface area contributed by atoms with Crippen LogP contribution in [0.2, 0.25) is 0 Å². The van der Waals surface area contributed by atoms with E-state index in [0.29, 0.717) is 38.9 Å². The van der Waals surface area contributed by atoms with Crippen LogP contribution >= 0.6 is 0 Å². The molecule has 0 radical (unpaired) electrons. The molecule has 0 saturated carbocycles. The van der Waals surface area contributed by atoms with Crippen LogP contribution in [0.5, 0.6) is 0 Å². The Morgan fingerprint density at radius 1 is 0.396 bits per heavy atom. The summed E-state index contributed by atoms with van der Waals surface area (Å²) in [5.74, 6) is 0. The van der Waals surface area contributed by atoms with Crippen molar-refractivity contribution in [2.24, 2.45) is 0 Å². The van der Waals surface area contributed by atoms with Crippen LogP contribution in [0.3, 0.4) is 0 Å². The van der Waals surface area contributed by atoms with Crippen LogP contribution < -0.4 is 0 Å². The van der Waals surface area contributed by atoms with E-state index in [0.717, 1.165) is 60.9 Å². The highest BCUT2D eigenvalue weighted by Crippen LogP contribution is 2.42. The van der Waals surface area contributed by atoms with E-state index in [4.69, 9.17) is 0 Å². The molecule has 0 fully saturated rings. The third-order valence-electron chi connectivity index (χ3n) is 9.50. The third kappa shape index (κ3) is 5.49. The predicted molar refractivity (Wildman–Crippen MR) is 204 cm³/mol. The molecule has 2 heterocycles. The van der Waals surface area contributed by atoms with Gasteiger partial charge in [0.2, 0.25) is 0 Å². The summed E-state index contributed by atoms with van der Waals surface area (Å²) in [6, 6.07) is 51.2. The molecule has 0 aliphatic rings. The van der Waals surface area contributed by atoms with Crippen molar-refractivity contribution in [3.05, 3.63) is 168 Å². The van der Waals surface area contributed by atoms with Gasteiger partial charge in [-0.15, -0.1) is 0 Å². The van der Waals surface area contributed by atoms with Crippen molar-refractivity contribution in [1.29, 1.82) is 26.3 Å². The topological polar surface area (TPSA) is 137 Å². The van der Waals surface area contributed by atoms with E-state index in [-0.39, 0.29) is 0 Å². The van der Waals surface area contributed by atoms with Crippen molar-refractivity contribution < 1.29 is 0 Å². The van der Waals surface area contributed by atoms with Crippen molar-refractivity contribution >= 4 is 21.8 Å². The smallest absolute Gasteiger partial charge is 0.0998 e. The molecule has 0 amide bonds. The fourth-order valence-electron chi connectivity index (χ4n) is 7.01. The van der Waals surface area contributed by atoms with E-state index in [1.165, 1.54) is 0 Å². The van der Waals surface area contributed by atoms with Crippen LogP contribution in [0, 0.1) is 56.7 Å². The summed E-state index contributed by atoms with van der Waals surface area (Å²) < 4.78 is 2.14. The summed E-state index contributed by atoms with van der Waals surface area (Å²) >= 11 is 0. The van der Waals surface area contributed by atoms with Gasteiger partial charge in [-0.1, -0.05) is 66.7 Å². The number of fused-ring (bicyclic) bond motifs is 3. The molecule has 0 aliphatic heterocycles. The van der Waals surface area contributed by atoms with Crippen LogP contribution in [0.4, 0.5) is 0 Å². The fraction of sp³-hybridized carbons (Fsp3) is 0. The molecule has 8 aromatic rings. The van der Waals surface area contributed by atoms with Gasteiger partial charge >= 0.3 is 0 Å². The maximum atomic E-state index is 10.6. The first-order valence-electron chi connectivity index (χ1n) is 16.6. The molecule has 8 rings (SSSR count). The van der Waals surface area contributed by atoms with Crippen LogP contribution in [0.25, 0.3) is 72.0 Å². The zero-order valence-electron chi connectivity index (χ0n) is 27.9. The molecule has 242 valence electrons. The summed E-state index contributed by atoms with van der Waals surface area (Å²) in [5.41, 5.74) is 10.9. The molecule has 0 bridgehead atoms. The molecule has 2 aromatic heterocycles. The third-order valence-corrected chi connectivity index (χ3v) is 9.50. The van der Waals surface area contributed by atoms with E-state index in [9.17, 15) is 26.3 Å².